The van der Waals surface area contributed by atoms with Crippen molar-refractivity contribution in [3.63, 3.8) is 0 Å². The molecule has 2 aromatic rings. The summed E-state index contributed by atoms with van der Waals surface area (Å²) in [5.74, 6) is -0.00271. The van der Waals surface area contributed by atoms with E-state index in [-0.39, 0.29) is 11.9 Å². The summed E-state index contributed by atoms with van der Waals surface area (Å²) in [5.41, 5.74) is 1.56. The topological polar surface area (TPSA) is 63.2 Å². The van der Waals surface area contributed by atoms with E-state index in [9.17, 15) is 4.79 Å². The summed E-state index contributed by atoms with van der Waals surface area (Å²) in [6.45, 7) is 1.68. The predicted molar refractivity (Wildman–Crippen MR) is 93.0 cm³/mol. The molecule has 1 saturated carbocycles. The number of amides is 1. The van der Waals surface area contributed by atoms with E-state index in [4.69, 9.17) is 4.74 Å². The number of para-hydroxylation sites is 1. The molecule has 1 aromatic carbocycles. The van der Waals surface area contributed by atoms with Crippen LogP contribution in [-0.2, 0) is 4.74 Å². The van der Waals surface area contributed by atoms with Crippen LogP contribution in [0, 0.1) is 0 Å². The molecule has 5 nitrogen and oxygen atoms in total. The highest BCUT2D eigenvalue weighted by Gasteiger charge is 2.34. The predicted octanol–water partition coefficient (Wildman–Crippen LogP) is 2.26. The second kappa shape index (κ2) is 6.87. The van der Waals surface area contributed by atoms with Crippen LogP contribution in [0.4, 0.5) is 0 Å². The monoisotopic (exact) mass is 325 g/mol. The van der Waals surface area contributed by atoms with E-state index in [1.807, 2.05) is 24.3 Å². The molecule has 24 heavy (non-hydrogen) atoms. The second-order valence-corrected chi connectivity index (χ2v) is 6.69. The van der Waals surface area contributed by atoms with Crippen molar-refractivity contribution in [1.29, 1.82) is 0 Å². The van der Waals surface area contributed by atoms with Gasteiger partial charge >= 0.3 is 0 Å². The van der Waals surface area contributed by atoms with Crippen LogP contribution in [-0.4, -0.2) is 42.2 Å². The van der Waals surface area contributed by atoms with Gasteiger partial charge in [-0.05, 0) is 37.8 Å². The van der Waals surface area contributed by atoms with Gasteiger partial charge in [0.05, 0.1) is 11.1 Å². The summed E-state index contributed by atoms with van der Waals surface area (Å²) in [6.07, 6.45) is 5.99. The van der Waals surface area contributed by atoms with Crippen molar-refractivity contribution in [3.05, 3.63) is 42.1 Å². The van der Waals surface area contributed by atoms with Crippen LogP contribution in [0.1, 0.15) is 36.0 Å². The molecule has 2 heterocycles. The molecule has 2 fully saturated rings. The number of benzene rings is 1. The largest absolute Gasteiger partial charge is 0.381 e. The van der Waals surface area contributed by atoms with Gasteiger partial charge in [-0.1, -0.05) is 18.2 Å². The summed E-state index contributed by atoms with van der Waals surface area (Å²) in [4.78, 5) is 17.0. The van der Waals surface area contributed by atoms with E-state index in [2.05, 4.69) is 15.6 Å². The van der Waals surface area contributed by atoms with E-state index in [1.54, 1.807) is 12.3 Å². The minimum absolute atomic E-state index is 0.00271. The molecular weight excluding hydrogens is 302 g/mol. The Balaban J connectivity index is 1.42. The molecule has 1 aliphatic heterocycles. The van der Waals surface area contributed by atoms with Crippen LogP contribution in [0.5, 0.6) is 0 Å². The van der Waals surface area contributed by atoms with Crippen LogP contribution < -0.4 is 10.6 Å². The molecule has 1 aromatic heterocycles. The van der Waals surface area contributed by atoms with Crippen molar-refractivity contribution >= 4 is 16.8 Å². The first-order valence-electron chi connectivity index (χ1n) is 8.79. The maximum absolute atomic E-state index is 12.7. The van der Waals surface area contributed by atoms with Crippen LogP contribution in [0.2, 0.25) is 0 Å². The van der Waals surface area contributed by atoms with Crippen molar-refractivity contribution in [3.8, 4) is 0 Å². The number of nitrogens with one attached hydrogen (secondary N) is 2. The molecule has 0 bridgehead atoms. The zero-order valence-electron chi connectivity index (χ0n) is 13.7. The Morgan fingerprint density at radius 3 is 2.62 bits per heavy atom. The van der Waals surface area contributed by atoms with Crippen LogP contribution in [0.3, 0.4) is 0 Å². The van der Waals surface area contributed by atoms with Gasteiger partial charge in [0.15, 0.2) is 0 Å². The number of hydrogen-bond acceptors (Lipinski definition) is 4. The number of carbonyl (C=O) groups excluding carboxylic acids is 1. The van der Waals surface area contributed by atoms with Gasteiger partial charge in [-0.2, -0.15) is 0 Å². The standard InChI is InChI=1S/C19H23N3O2/c23-19(15-7-10-20-16-4-2-1-3-14(15)16)22-18-6-5-17(18)21-13-8-11-24-12-9-13/h1-4,7,10,13,17-18,21H,5-6,8-9,11-12H2,(H,22,23)/t17-,18+/m1/s1. The average Bonchev–Trinajstić information content (AvgIpc) is 2.63. The molecule has 1 aliphatic carbocycles. The van der Waals surface area contributed by atoms with Crippen LogP contribution in [0.25, 0.3) is 10.9 Å². The van der Waals surface area contributed by atoms with Crippen molar-refractivity contribution in [2.75, 3.05) is 13.2 Å². The number of ether oxygens (including phenoxy) is 1. The van der Waals surface area contributed by atoms with Gasteiger partial charge in [0.2, 0.25) is 0 Å². The Morgan fingerprint density at radius 2 is 1.83 bits per heavy atom. The normalized spacial score (nSPS) is 24.5. The average molecular weight is 325 g/mol. The molecule has 0 spiro atoms. The first-order chi connectivity index (χ1) is 11.8. The van der Waals surface area contributed by atoms with Gasteiger partial charge in [-0.25, -0.2) is 0 Å². The van der Waals surface area contributed by atoms with Gasteiger partial charge in [0.1, 0.15) is 0 Å². The summed E-state index contributed by atoms with van der Waals surface area (Å²) in [6, 6.07) is 10.7. The molecule has 2 atom stereocenters. The Morgan fingerprint density at radius 1 is 1.04 bits per heavy atom. The van der Waals surface area contributed by atoms with E-state index < -0.39 is 0 Å². The third-order valence-corrected chi connectivity index (χ3v) is 5.16. The summed E-state index contributed by atoms with van der Waals surface area (Å²) in [5, 5.41) is 7.80. The Kier molecular flexibility index (Phi) is 4.45. The van der Waals surface area contributed by atoms with Gasteiger partial charge in [0, 0.05) is 42.9 Å². The third-order valence-electron chi connectivity index (χ3n) is 5.16. The van der Waals surface area contributed by atoms with Gasteiger partial charge in [-0.15, -0.1) is 0 Å². The van der Waals surface area contributed by atoms with Crippen molar-refractivity contribution in [2.45, 2.75) is 43.8 Å². The Labute approximate surface area is 141 Å². The lowest BCUT2D eigenvalue weighted by Gasteiger charge is -2.41. The van der Waals surface area contributed by atoms with Crippen LogP contribution in [0.15, 0.2) is 36.5 Å². The first kappa shape index (κ1) is 15.5. The Bertz CT molecular complexity index is 722. The fraction of sp³-hybridized carbons (Fsp3) is 0.474. The van der Waals surface area contributed by atoms with Gasteiger partial charge < -0.3 is 15.4 Å². The molecule has 0 radical (unpaired) electrons. The number of carbonyl (C=O) groups is 1. The molecule has 0 unspecified atom stereocenters. The SMILES string of the molecule is O=C(N[C@H]1CC[C@H]1NC1CCOCC1)c1ccnc2ccccc12. The molecule has 1 amide bonds. The van der Waals surface area contributed by atoms with Gasteiger partial charge in [-0.3, -0.25) is 9.78 Å². The highest BCUT2D eigenvalue weighted by Crippen LogP contribution is 2.23. The highest BCUT2D eigenvalue weighted by atomic mass is 16.5. The number of pyridine rings is 1. The maximum atomic E-state index is 12.7. The van der Waals surface area contributed by atoms with Gasteiger partial charge in [0.25, 0.3) is 5.91 Å². The summed E-state index contributed by atoms with van der Waals surface area (Å²) >= 11 is 0. The fourth-order valence-corrected chi connectivity index (χ4v) is 3.58. The van der Waals surface area contributed by atoms with Crippen molar-refractivity contribution < 1.29 is 9.53 Å². The molecule has 126 valence electrons. The molecule has 2 aliphatic rings. The lowest BCUT2D eigenvalue weighted by Crippen LogP contribution is -2.59. The minimum atomic E-state index is -0.00271. The molecule has 2 N–H and O–H groups in total. The van der Waals surface area contributed by atoms with E-state index in [1.165, 1.54) is 0 Å². The Hall–Kier alpha value is -1.98. The fourth-order valence-electron chi connectivity index (χ4n) is 3.58. The number of nitrogens with zero attached hydrogens (tertiary/aromatic N) is 1. The zero-order valence-corrected chi connectivity index (χ0v) is 13.7. The molecule has 5 heteroatoms. The number of fused-ring (bicyclic) bond motifs is 1. The molecule has 1 saturated heterocycles. The van der Waals surface area contributed by atoms with Crippen LogP contribution >= 0.6 is 0 Å². The lowest BCUT2D eigenvalue weighted by atomic mass is 9.85. The summed E-state index contributed by atoms with van der Waals surface area (Å²) in [7, 11) is 0. The van der Waals surface area contributed by atoms with Crippen molar-refractivity contribution in [1.82, 2.24) is 15.6 Å². The van der Waals surface area contributed by atoms with Crippen molar-refractivity contribution in [2.24, 2.45) is 0 Å². The number of aromatic nitrogens is 1. The minimum Gasteiger partial charge on any atom is -0.381 e. The second-order valence-electron chi connectivity index (χ2n) is 6.69. The van der Waals surface area contributed by atoms with E-state index in [0.717, 1.165) is 49.8 Å². The quantitative estimate of drug-likeness (QED) is 0.905. The first-order valence-corrected chi connectivity index (χ1v) is 8.79. The molecular formula is C19H23N3O2. The van der Waals surface area contributed by atoms with E-state index >= 15 is 0 Å². The van der Waals surface area contributed by atoms with E-state index in [0.29, 0.717) is 17.6 Å². The lowest BCUT2D eigenvalue weighted by molar-refractivity contribution is 0.0653. The number of hydrogen-bond donors (Lipinski definition) is 2. The summed E-state index contributed by atoms with van der Waals surface area (Å²) < 4.78 is 5.41. The zero-order chi connectivity index (χ0) is 16.4. The maximum Gasteiger partial charge on any atom is 0.252 e. The molecule has 4 rings (SSSR count). The number of rotatable bonds is 4. The highest BCUT2D eigenvalue weighted by molar-refractivity contribution is 6.06. The smallest absolute Gasteiger partial charge is 0.252 e. The third kappa shape index (κ3) is 3.14.